The largest absolute Gasteiger partial charge is 0.481 e. The molecule has 0 saturated heterocycles. The summed E-state index contributed by atoms with van der Waals surface area (Å²) in [6.45, 7) is 2.15. The fourth-order valence-electron chi connectivity index (χ4n) is 1.63. The molecule has 0 aliphatic carbocycles. The molecule has 0 aliphatic heterocycles. The first-order chi connectivity index (χ1) is 8.24. The van der Waals surface area contributed by atoms with E-state index in [0.717, 1.165) is 18.8 Å². The van der Waals surface area contributed by atoms with E-state index in [1.165, 1.54) is 0 Å². The Bertz CT molecular complexity index is 327. The Hall–Kier alpha value is -1.55. The van der Waals surface area contributed by atoms with Crippen LogP contribution in [0.15, 0.2) is 30.3 Å². The van der Waals surface area contributed by atoms with Crippen LogP contribution in [0.4, 0.5) is 5.69 Å². The first-order valence-electron chi connectivity index (χ1n) is 5.74. The summed E-state index contributed by atoms with van der Waals surface area (Å²) in [5.41, 5.74) is 1.11. The number of para-hydroxylation sites is 1. The number of carboxylic acids is 1. The molecule has 0 atom stereocenters. The van der Waals surface area contributed by atoms with Crippen molar-refractivity contribution in [2.75, 3.05) is 31.7 Å². The molecule has 1 aromatic carbocycles. The van der Waals surface area contributed by atoms with Crippen molar-refractivity contribution in [2.24, 2.45) is 0 Å². The third-order valence-corrected chi connectivity index (χ3v) is 2.51. The summed E-state index contributed by atoms with van der Waals surface area (Å²) in [5, 5.41) is 8.63. The quantitative estimate of drug-likeness (QED) is 0.751. The molecule has 1 rings (SSSR count). The van der Waals surface area contributed by atoms with Gasteiger partial charge in [-0.2, -0.15) is 0 Å². The van der Waals surface area contributed by atoms with E-state index in [4.69, 9.17) is 9.84 Å². The Labute approximate surface area is 102 Å². The number of carbonyl (C=O) groups is 1. The Morgan fingerprint density at radius 2 is 2.00 bits per heavy atom. The van der Waals surface area contributed by atoms with E-state index in [9.17, 15) is 4.79 Å². The number of aliphatic carboxylic acids is 1. The minimum atomic E-state index is -0.746. The van der Waals surface area contributed by atoms with E-state index >= 15 is 0 Å². The third kappa shape index (κ3) is 5.36. The molecule has 0 aromatic heterocycles. The van der Waals surface area contributed by atoms with Crippen LogP contribution >= 0.6 is 0 Å². The monoisotopic (exact) mass is 237 g/mol. The molecule has 0 fully saturated rings. The van der Waals surface area contributed by atoms with Crippen LogP contribution in [0.3, 0.4) is 0 Å². The van der Waals surface area contributed by atoms with Gasteiger partial charge in [0, 0.05) is 32.3 Å². The molecule has 94 valence electrons. The molecule has 1 aromatic rings. The lowest BCUT2D eigenvalue weighted by Crippen LogP contribution is -2.28. The fraction of sp³-hybridized carbons (Fsp3) is 0.462. The number of ether oxygens (including phenoxy) is 1. The zero-order valence-corrected chi connectivity index (χ0v) is 10.1. The van der Waals surface area contributed by atoms with Crippen molar-refractivity contribution in [3.05, 3.63) is 30.3 Å². The zero-order valence-electron chi connectivity index (χ0n) is 10.1. The van der Waals surface area contributed by atoms with Gasteiger partial charge >= 0.3 is 5.97 Å². The average Bonchev–Trinajstić information content (AvgIpc) is 2.34. The van der Waals surface area contributed by atoms with Crippen molar-refractivity contribution in [3.8, 4) is 0 Å². The first kappa shape index (κ1) is 13.5. The van der Waals surface area contributed by atoms with E-state index in [0.29, 0.717) is 13.0 Å². The predicted molar refractivity (Wildman–Crippen MR) is 67.4 cm³/mol. The molecule has 0 unspecified atom stereocenters. The third-order valence-electron chi connectivity index (χ3n) is 2.51. The second-order valence-electron chi connectivity index (χ2n) is 3.81. The lowest BCUT2D eigenvalue weighted by Gasteiger charge is -2.24. The number of rotatable bonds is 8. The lowest BCUT2D eigenvalue weighted by atomic mass is 10.2. The topological polar surface area (TPSA) is 49.8 Å². The second kappa shape index (κ2) is 7.68. The van der Waals surface area contributed by atoms with Crippen LogP contribution in [0, 0.1) is 0 Å². The first-order valence-corrected chi connectivity index (χ1v) is 5.74. The minimum absolute atomic E-state index is 0.205. The molecule has 4 nitrogen and oxygen atoms in total. The van der Waals surface area contributed by atoms with E-state index in [-0.39, 0.29) is 6.42 Å². The van der Waals surface area contributed by atoms with Crippen LogP contribution in [0.1, 0.15) is 12.8 Å². The Morgan fingerprint density at radius 3 is 2.59 bits per heavy atom. The standard InChI is InChI=1S/C13H19NO3/c1-17-11-10-14(9-5-8-13(15)16)12-6-3-2-4-7-12/h2-4,6-7H,5,8-11H2,1H3,(H,15,16). The van der Waals surface area contributed by atoms with Crippen LogP contribution in [-0.2, 0) is 9.53 Å². The van der Waals surface area contributed by atoms with Crippen molar-refractivity contribution in [1.82, 2.24) is 0 Å². The SMILES string of the molecule is COCCN(CCCC(=O)O)c1ccccc1. The van der Waals surface area contributed by atoms with Crippen LogP contribution in [0.25, 0.3) is 0 Å². The summed E-state index contributed by atoms with van der Waals surface area (Å²) >= 11 is 0. The highest BCUT2D eigenvalue weighted by Crippen LogP contribution is 2.13. The van der Waals surface area contributed by atoms with E-state index < -0.39 is 5.97 Å². The van der Waals surface area contributed by atoms with Gasteiger partial charge in [0.1, 0.15) is 0 Å². The number of hydrogen-bond acceptors (Lipinski definition) is 3. The van der Waals surface area contributed by atoms with Gasteiger partial charge in [-0.15, -0.1) is 0 Å². The van der Waals surface area contributed by atoms with Gasteiger partial charge in [-0.05, 0) is 18.6 Å². The molecular formula is C13H19NO3. The highest BCUT2D eigenvalue weighted by molar-refractivity contribution is 5.66. The summed E-state index contributed by atoms with van der Waals surface area (Å²) in [7, 11) is 1.67. The fourth-order valence-corrected chi connectivity index (χ4v) is 1.63. The van der Waals surface area contributed by atoms with Crippen LogP contribution in [-0.4, -0.2) is 37.9 Å². The number of carboxylic acid groups (broad SMARTS) is 1. The van der Waals surface area contributed by atoms with Gasteiger partial charge in [0.25, 0.3) is 0 Å². The lowest BCUT2D eigenvalue weighted by molar-refractivity contribution is -0.137. The number of hydrogen-bond donors (Lipinski definition) is 1. The molecule has 0 aliphatic rings. The highest BCUT2D eigenvalue weighted by atomic mass is 16.5. The molecule has 0 saturated carbocycles. The van der Waals surface area contributed by atoms with E-state index in [2.05, 4.69) is 4.90 Å². The average molecular weight is 237 g/mol. The summed E-state index contributed by atoms with van der Waals surface area (Å²) in [6, 6.07) is 9.97. The number of anilines is 1. The van der Waals surface area contributed by atoms with E-state index in [1.807, 2.05) is 30.3 Å². The zero-order chi connectivity index (χ0) is 12.5. The van der Waals surface area contributed by atoms with Gasteiger partial charge in [-0.25, -0.2) is 0 Å². The smallest absolute Gasteiger partial charge is 0.303 e. The van der Waals surface area contributed by atoms with E-state index in [1.54, 1.807) is 7.11 Å². The highest BCUT2D eigenvalue weighted by Gasteiger charge is 2.06. The Morgan fingerprint density at radius 1 is 1.29 bits per heavy atom. The minimum Gasteiger partial charge on any atom is -0.481 e. The summed E-state index contributed by atoms with van der Waals surface area (Å²) in [5.74, 6) is -0.746. The molecule has 0 amide bonds. The van der Waals surface area contributed by atoms with Gasteiger partial charge in [-0.1, -0.05) is 18.2 Å². The number of nitrogens with zero attached hydrogens (tertiary/aromatic N) is 1. The normalized spacial score (nSPS) is 10.2. The second-order valence-corrected chi connectivity index (χ2v) is 3.81. The maximum absolute atomic E-state index is 10.5. The Balaban J connectivity index is 2.51. The van der Waals surface area contributed by atoms with Gasteiger partial charge in [-0.3, -0.25) is 4.79 Å². The summed E-state index contributed by atoms with van der Waals surface area (Å²) in [6.07, 6.45) is 0.851. The molecule has 0 radical (unpaired) electrons. The van der Waals surface area contributed by atoms with Crippen molar-refractivity contribution >= 4 is 11.7 Å². The number of methoxy groups -OCH3 is 1. The maximum atomic E-state index is 10.5. The molecular weight excluding hydrogens is 218 g/mol. The Kier molecular flexibility index (Phi) is 6.10. The van der Waals surface area contributed by atoms with Crippen LogP contribution in [0.5, 0.6) is 0 Å². The number of benzene rings is 1. The maximum Gasteiger partial charge on any atom is 0.303 e. The van der Waals surface area contributed by atoms with Crippen molar-refractivity contribution < 1.29 is 14.6 Å². The van der Waals surface area contributed by atoms with Crippen molar-refractivity contribution in [2.45, 2.75) is 12.8 Å². The molecule has 0 spiro atoms. The van der Waals surface area contributed by atoms with Gasteiger partial charge in [0.05, 0.1) is 6.61 Å². The van der Waals surface area contributed by atoms with Crippen molar-refractivity contribution in [1.29, 1.82) is 0 Å². The van der Waals surface area contributed by atoms with Gasteiger partial charge < -0.3 is 14.7 Å². The summed E-state index contributed by atoms with van der Waals surface area (Å²) < 4.78 is 5.06. The molecule has 0 bridgehead atoms. The summed E-state index contributed by atoms with van der Waals surface area (Å²) in [4.78, 5) is 12.6. The van der Waals surface area contributed by atoms with Crippen LogP contribution in [0.2, 0.25) is 0 Å². The molecule has 1 N–H and O–H groups in total. The van der Waals surface area contributed by atoms with Gasteiger partial charge in [0.15, 0.2) is 0 Å². The van der Waals surface area contributed by atoms with Gasteiger partial charge in [0.2, 0.25) is 0 Å². The molecule has 17 heavy (non-hydrogen) atoms. The van der Waals surface area contributed by atoms with Crippen LogP contribution < -0.4 is 4.90 Å². The molecule has 4 heteroatoms. The predicted octanol–water partition coefficient (Wildman–Crippen LogP) is 2.00. The molecule has 0 heterocycles. The van der Waals surface area contributed by atoms with Crippen molar-refractivity contribution in [3.63, 3.8) is 0 Å².